The van der Waals surface area contributed by atoms with E-state index in [0.29, 0.717) is 28.8 Å². The summed E-state index contributed by atoms with van der Waals surface area (Å²) in [6.45, 7) is 3.65. The molecular formula is C17H16N4O2S. The molecular weight excluding hydrogens is 324 g/mol. The monoisotopic (exact) mass is 340 g/mol. The molecule has 3 aromatic rings. The minimum Gasteiger partial charge on any atom is -0.338 e. The van der Waals surface area contributed by atoms with Crippen LogP contribution in [0.4, 0.5) is 5.82 Å². The summed E-state index contributed by atoms with van der Waals surface area (Å²) in [5, 5.41) is 6.59. The molecule has 2 heterocycles. The first-order valence-corrected chi connectivity index (χ1v) is 8.36. The first-order chi connectivity index (χ1) is 11.6. The Balaban J connectivity index is 1.74. The number of pyridine rings is 1. The number of nitrogens with one attached hydrogen (secondary N) is 1. The van der Waals surface area contributed by atoms with E-state index < -0.39 is 0 Å². The van der Waals surface area contributed by atoms with E-state index in [2.05, 4.69) is 20.4 Å². The number of hydrogen-bond donors (Lipinski definition) is 1. The molecule has 0 aliphatic carbocycles. The van der Waals surface area contributed by atoms with Gasteiger partial charge in [0.25, 0.3) is 5.91 Å². The molecule has 0 aliphatic rings. The van der Waals surface area contributed by atoms with Gasteiger partial charge in [0.05, 0.1) is 11.3 Å². The van der Waals surface area contributed by atoms with E-state index in [1.54, 1.807) is 19.1 Å². The largest absolute Gasteiger partial charge is 0.338 e. The minimum atomic E-state index is -0.196. The molecule has 0 bridgehead atoms. The van der Waals surface area contributed by atoms with E-state index in [-0.39, 0.29) is 5.91 Å². The van der Waals surface area contributed by atoms with Crippen molar-refractivity contribution in [2.45, 2.75) is 24.5 Å². The number of anilines is 1. The average molecular weight is 340 g/mol. The zero-order valence-electron chi connectivity index (χ0n) is 13.3. The molecule has 122 valence electrons. The Hall–Kier alpha value is -2.67. The lowest BCUT2D eigenvalue weighted by Crippen LogP contribution is -2.14. The van der Waals surface area contributed by atoms with Gasteiger partial charge in [-0.2, -0.15) is 4.98 Å². The molecule has 2 aromatic heterocycles. The predicted molar refractivity (Wildman–Crippen MR) is 92.0 cm³/mol. The van der Waals surface area contributed by atoms with Crippen LogP contribution in [0.3, 0.4) is 0 Å². The number of amides is 1. The fraction of sp³-hybridized carbons (Fsp3) is 0.176. The van der Waals surface area contributed by atoms with Crippen LogP contribution in [0.5, 0.6) is 0 Å². The van der Waals surface area contributed by atoms with Gasteiger partial charge in [-0.1, -0.05) is 23.4 Å². The predicted octanol–water partition coefficient (Wildman–Crippen LogP) is 3.63. The number of aromatic nitrogens is 3. The van der Waals surface area contributed by atoms with Gasteiger partial charge in [-0.25, -0.2) is 4.98 Å². The first-order valence-electron chi connectivity index (χ1n) is 7.38. The lowest BCUT2D eigenvalue weighted by atomic mass is 10.2. The molecule has 3 rings (SSSR count). The van der Waals surface area contributed by atoms with E-state index in [0.717, 1.165) is 10.6 Å². The molecule has 0 radical (unpaired) electrons. The fourth-order valence-corrected chi connectivity index (χ4v) is 3.00. The molecule has 0 spiro atoms. The van der Waals surface area contributed by atoms with Gasteiger partial charge in [0.15, 0.2) is 5.82 Å². The Morgan fingerprint density at radius 1 is 1.12 bits per heavy atom. The summed E-state index contributed by atoms with van der Waals surface area (Å²) in [6, 6.07) is 12.9. The van der Waals surface area contributed by atoms with Gasteiger partial charge in [-0.15, -0.1) is 11.8 Å². The highest BCUT2D eigenvalue weighted by Gasteiger charge is 2.13. The zero-order valence-corrected chi connectivity index (χ0v) is 14.1. The number of nitrogens with zero attached hydrogens (tertiary/aromatic N) is 3. The normalized spacial score (nSPS) is 10.6. The molecule has 0 unspecified atom stereocenters. The summed E-state index contributed by atoms with van der Waals surface area (Å²) in [5.74, 6) is 1.98. The first kappa shape index (κ1) is 16.2. The highest BCUT2D eigenvalue weighted by Crippen LogP contribution is 2.26. The number of aryl methyl sites for hydroxylation is 2. The highest BCUT2D eigenvalue weighted by molar-refractivity contribution is 7.98. The molecule has 1 N–H and O–H groups in total. The SMILES string of the molecule is Cc1cccc(NC(=O)c2ccccc2SCc2nc(C)no2)n1. The topological polar surface area (TPSA) is 80.9 Å². The van der Waals surface area contributed by atoms with Crippen LogP contribution in [0, 0.1) is 13.8 Å². The van der Waals surface area contributed by atoms with Crippen molar-refractivity contribution in [3.8, 4) is 0 Å². The lowest BCUT2D eigenvalue weighted by Gasteiger charge is -2.09. The van der Waals surface area contributed by atoms with E-state index in [1.807, 2.05) is 37.3 Å². The van der Waals surface area contributed by atoms with E-state index in [9.17, 15) is 4.79 Å². The number of carbonyl (C=O) groups is 1. The number of benzene rings is 1. The van der Waals surface area contributed by atoms with Crippen molar-refractivity contribution in [1.82, 2.24) is 15.1 Å². The molecule has 6 nitrogen and oxygen atoms in total. The van der Waals surface area contributed by atoms with E-state index >= 15 is 0 Å². The maximum atomic E-state index is 12.5. The molecule has 1 aromatic carbocycles. The maximum absolute atomic E-state index is 12.5. The molecule has 7 heteroatoms. The number of rotatable bonds is 5. The summed E-state index contributed by atoms with van der Waals surface area (Å²) in [4.78, 5) is 21.9. The van der Waals surface area contributed by atoms with Crippen LogP contribution >= 0.6 is 11.8 Å². The summed E-state index contributed by atoms with van der Waals surface area (Å²) in [7, 11) is 0. The van der Waals surface area contributed by atoms with Crippen molar-refractivity contribution in [3.05, 3.63) is 65.4 Å². The van der Waals surface area contributed by atoms with Crippen molar-refractivity contribution >= 4 is 23.5 Å². The maximum Gasteiger partial charge on any atom is 0.257 e. The second-order valence-electron chi connectivity index (χ2n) is 5.14. The van der Waals surface area contributed by atoms with Gasteiger partial charge >= 0.3 is 0 Å². The molecule has 0 fully saturated rings. The molecule has 1 amide bonds. The van der Waals surface area contributed by atoms with Crippen molar-refractivity contribution < 1.29 is 9.32 Å². The van der Waals surface area contributed by atoms with Crippen LogP contribution in [0.2, 0.25) is 0 Å². The molecule has 0 aliphatic heterocycles. The van der Waals surface area contributed by atoms with Crippen molar-refractivity contribution in [2.75, 3.05) is 5.32 Å². The number of thioether (sulfide) groups is 1. The summed E-state index contributed by atoms with van der Waals surface area (Å²) in [6.07, 6.45) is 0. The zero-order chi connectivity index (χ0) is 16.9. The lowest BCUT2D eigenvalue weighted by molar-refractivity contribution is 0.102. The van der Waals surface area contributed by atoms with Gasteiger partial charge in [0.1, 0.15) is 5.82 Å². The number of carbonyl (C=O) groups excluding carboxylic acids is 1. The van der Waals surface area contributed by atoms with Gasteiger partial charge in [-0.05, 0) is 38.1 Å². The average Bonchev–Trinajstić information content (AvgIpc) is 2.99. The third kappa shape index (κ3) is 3.99. The standard InChI is InChI=1S/C17H16N4O2S/c1-11-6-5-9-15(18-11)20-17(22)13-7-3-4-8-14(13)24-10-16-19-12(2)21-23-16/h3-9H,10H2,1-2H3,(H,18,20,22). The third-order valence-electron chi connectivity index (χ3n) is 3.18. The van der Waals surface area contributed by atoms with Crippen molar-refractivity contribution in [3.63, 3.8) is 0 Å². The van der Waals surface area contributed by atoms with Crippen LogP contribution in [0.1, 0.15) is 27.8 Å². The molecule has 0 saturated heterocycles. The van der Waals surface area contributed by atoms with Gasteiger partial charge in [0, 0.05) is 10.6 Å². The minimum absolute atomic E-state index is 0.196. The van der Waals surface area contributed by atoms with Crippen molar-refractivity contribution in [2.24, 2.45) is 0 Å². The van der Waals surface area contributed by atoms with Crippen LogP contribution in [0.25, 0.3) is 0 Å². The van der Waals surface area contributed by atoms with Gasteiger partial charge in [0.2, 0.25) is 5.89 Å². The fourth-order valence-electron chi connectivity index (χ4n) is 2.11. The molecule has 24 heavy (non-hydrogen) atoms. The number of hydrogen-bond acceptors (Lipinski definition) is 6. The van der Waals surface area contributed by atoms with Gasteiger partial charge in [-0.3, -0.25) is 4.79 Å². The Kier molecular flexibility index (Phi) is 4.90. The summed E-state index contributed by atoms with van der Waals surface area (Å²) in [5.41, 5.74) is 1.43. The van der Waals surface area contributed by atoms with E-state index in [4.69, 9.17) is 4.52 Å². The summed E-state index contributed by atoms with van der Waals surface area (Å²) >= 11 is 1.48. The highest BCUT2D eigenvalue weighted by atomic mass is 32.2. The second-order valence-corrected chi connectivity index (χ2v) is 6.16. The molecule has 0 atom stereocenters. The van der Waals surface area contributed by atoms with Gasteiger partial charge < -0.3 is 9.84 Å². The third-order valence-corrected chi connectivity index (χ3v) is 4.24. The smallest absolute Gasteiger partial charge is 0.257 e. The Morgan fingerprint density at radius 2 is 1.96 bits per heavy atom. The Labute approximate surface area is 143 Å². The van der Waals surface area contributed by atoms with Crippen LogP contribution < -0.4 is 5.32 Å². The van der Waals surface area contributed by atoms with Crippen LogP contribution in [-0.2, 0) is 5.75 Å². The second kappa shape index (κ2) is 7.27. The Bertz CT molecular complexity index is 863. The van der Waals surface area contributed by atoms with E-state index in [1.165, 1.54) is 11.8 Å². The van der Waals surface area contributed by atoms with Crippen LogP contribution in [0.15, 0.2) is 51.9 Å². The summed E-state index contributed by atoms with van der Waals surface area (Å²) < 4.78 is 5.10. The van der Waals surface area contributed by atoms with Crippen LogP contribution in [-0.4, -0.2) is 21.0 Å². The molecule has 0 saturated carbocycles. The quantitative estimate of drug-likeness (QED) is 0.714. The Morgan fingerprint density at radius 3 is 2.71 bits per heavy atom. The van der Waals surface area contributed by atoms with Crippen molar-refractivity contribution in [1.29, 1.82) is 0 Å².